The average Bonchev–Trinajstić information content (AvgIpc) is 3.17. The van der Waals surface area contributed by atoms with E-state index in [-0.39, 0.29) is 0 Å². The number of thioether (sulfide) groups is 1. The third-order valence-electron chi connectivity index (χ3n) is 6.03. The fourth-order valence-corrected chi connectivity index (χ4v) is 12.5. The van der Waals surface area contributed by atoms with Crippen LogP contribution in [-0.4, -0.2) is 21.4 Å². The zero-order valence-corrected chi connectivity index (χ0v) is 24.7. The van der Waals surface area contributed by atoms with Crippen molar-refractivity contribution in [2.45, 2.75) is 46.4 Å². The fraction of sp³-hybridized carbons (Fsp3) is 0.286. The quantitative estimate of drug-likeness (QED) is 0.222. The van der Waals surface area contributed by atoms with Crippen molar-refractivity contribution in [1.82, 2.24) is 0 Å². The number of rotatable bonds is 4. The molecule has 0 amide bonds. The number of aryl methyl sites for hydroxylation is 6. The molecule has 3 aromatic carbocycles. The van der Waals surface area contributed by atoms with Crippen LogP contribution in [0.3, 0.4) is 0 Å². The monoisotopic (exact) mass is 600 g/mol. The number of anilines is 2. The topological polar surface area (TPSA) is 6.48 Å². The number of hydrogen-bond donors (Lipinski definition) is 0. The van der Waals surface area contributed by atoms with Crippen LogP contribution < -0.4 is 9.80 Å². The van der Waals surface area contributed by atoms with Gasteiger partial charge in [0.05, 0.1) is 0 Å². The molecule has 1 saturated heterocycles. The van der Waals surface area contributed by atoms with Crippen molar-refractivity contribution in [2.75, 3.05) is 22.9 Å². The normalized spacial score (nSPS) is 14.6. The summed E-state index contributed by atoms with van der Waals surface area (Å²) >= 11 is -1.78. The molecule has 182 valence electrons. The SMILES string of the molecule is Cc1cc(C)c(N2CCN(c3c(C)cc(C)cc3C)[C]2=[Ru]([Cl])([Cl])=[CH]Sc2ccccc2)c(C)c1. The first kappa shape index (κ1) is 25.6. The van der Waals surface area contributed by atoms with Gasteiger partial charge in [-0.2, -0.15) is 0 Å². The van der Waals surface area contributed by atoms with Gasteiger partial charge < -0.3 is 0 Å². The number of benzene rings is 3. The van der Waals surface area contributed by atoms with Crippen LogP contribution in [0.2, 0.25) is 0 Å². The van der Waals surface area contributed by atoms with Gasteiger partial charge in [-0.1, -0.05) is 0 Å². The Bertz CT molecular complexity index is 1240. The summed E-state index contributed by atoms with van der Waals surface area (Å²) in [7, 11) is 14.8. The molecule has 0 saturated carbocycles. The standard InChI is InChI=1S/C21H26N2.C7H6S.2ClH.Ru/c1-14-9-16(3)20(17(4)10-14)22-7-8-23(13-22)21-18(5)11-15(2)12-19(21)6;1-8-7-5-3-2-4-6-7;;;/h9-12H,7-8H2,1-6H3;1-6H;2*1H;/q;;;;+2/p-2. The summed E-state index contributed by atoms with van der Waals surface area (Å²) in [5, 5.41) is 0. The third-order valence-corrected chi connectivity index (χ3v) is 14.6. The first-order valence-electron chi connectivity index (χ1n) is 11.3. The fourth-order valence-electron chi connectivity index (χ4n) is 5.01. The second-order valence-electron chi connectivity index (χ2n) is 9.01. The molecule has 0 radical (unpaired) electrons. The Hall–Kier alpha value is -1.45. The zero-order chi connectivity index (χ0) is 24.6. The Morgan fingerprint density at radius 3 is 1.53 bits per heavy atom. The Kier molecular flexibility index (Phi) is 7.75. The predicted molar refractivity (Wildman–Crippen MR) is 151 cm³/mol. The van der Waals surface area contributed by atoms with Gasteiger partial charge >= 0.3 is 220 Å². The van der Waals surface area contributed by atoms with Crippen LogP contribution in [0.4, 0.5) is 11.4 Å². The van der Waals surface area contributed by atoms with Gasteiger partial charge in [-0.05, 0) is 0 Å². The van der Waals surface area contributed by atoms with E-state index in [9.17, 15) is 0 Å². The first-order chi connectivity index (χ1) is 16.1. The van der Waals surface area contributed by atoms with Gasteiger partial charge in [-0.15, -0.1) is 0 Å². The Morgan fingerprint density at radius 1 is 0.706 bits per heavy atom. The molecule has 4 rings (SSSR count). The van der Waals surface area contributed by atoms with Crippen LogP contribution >= 0.6 is 31.1 Å². The van der Waals surface area contributed by atoms with Crippen molar-refractivity contribution in [3.63, 3.8) is 0 Å². The summed E-state index contributed by atoms with van der Waals surface area (Å²) in [5.74, 6) is 0. The zero-order valence-electron chi connectivity index (χ0n) is 20.6. The molecular formula is C28H32Cl2N2RuS. The molecule has 1 fully saturated rings. The molecule has 0 spiro atoms. The van der Waals surface area contributed by atoms with Gasteiger partial charge in [-0.25, -0.2) is 0 Å². The van der Waals surface area contributed by atoms with Gasteiger partial charge in [0.15, 0.2) is 0 Å². The van der Waals surface area contributed by atoms with E-state index in [2.05, 4.69) is 91.7 Å². The molecule has 0 unspecified atom stereocenters. The summed E-state index contributed by atoms with van der Waals surface area (Å²) in [6.45, 7) is 14.8. The molecule has 0 aliphatic carbocycles. The van der Waals surface area contributed by atoms with E-state index in [0.717, 1.165) is 22.3 Å². The van der Waals surface area contributed by atoms with E-state index < -0.39 is 11.9 Å². The van der Waals surface area contributed by atoms with E-state index in [1.807, 2.05) is 18.2 Å². The molecule has 34 heavy (non-hydrogen) atoms. The molecule has 3 aromatic rings. The van der Waals surface area contributed by atoms with E-state index in [1.54, 1.807) is 11.8 Å². The molecule has 1 aliphatic rings. The molecule has 0 bridgehead atoms. The van der Waals surface area contributed by atoms with Crippen molar-refractivity contribution in [3.8, 4) is 0 Å². The van der Waals surface area contributed by atoms with Crippen LogP contribution in [0.15, 0.2) is 59.5 Å². The van der Waals surface area contributed by atoms with Gasteiger partial charge in [0.25, 0.3) is 0 Å². The van der Waals surface area contributed by atoms with E-state index >= 15 is 0 Å². The Labute approximate surface area is 218 Å². The van der Waals surface area contributed by atoms with Gasteiger partial charge in [-0.3, -0.25) is 0 Å². The molecule has 1 aliphatic heterocycles. The average molecular weight is 601 g/mol. The summed E-state index contributed by atoms with van der Waals surface area (Å²) in [6, 6.07) is 19.3. The van der Waals surface area contributed by atoms with Crippen LogP contribution in [-0.2, 0) is 11.9 Å². The van der Waals surface area contributed by atoms with Gasteiger partial charge in [0.1, 0.15) is 0 Å². The van der Waals surface area contributed by atoms with Crippen molar-refractivity contribution in [1.29, 1.82) is 0 Å². The molecule has 0 aromatic heterocycles. The second kappa shape index (κ2) is 10.3. The Morgan fingerprint density at radius 2 is 1.12 bits per heavy atom. The summed E-state index contributed by atoms with van der Waals surface area (Å²) < 4.78 is 3.18. The third kappa shape index (κ3) is 5.21. The number of halogens is 2. The molecule has 6 heteroatoms. The molecule has 0 N–H and O–H groups in total. The molecule has 1 heterocycles. The Balaban J connectivity index is 1.95. The molecule has 2 nitrogen and oxygen atoms in total. The maximum atomic E-state index is 7.39. The van der Waals surface area contributed by atoms with Crippen molar-refractivity contribution in [2.24, 2.45) is 0 Å². The summed E-state index contributed by atoms with van der Waals surface area (Å²) in [6.07, 6.45) is 0. The van der Waals surface area contributed by atoms with Crippen LogP contribution in [0.25, 0.3) is 0 Å². The minimum absolute atomic E-state index is 0.860. The van der Waals surface area contributed by atoms with E-state index in [1.165, 1.54) is 44.8 Å². The second-order valence-corrected chi connectivity index (χ2v) is 19.9. The van der Waals surface area contributed by atoms with Crippen LogP contribution in [0, 0.1) is 41.5 Å². The van der Waals surface area contributed by atoms with E-state index in [0.29, 0.717) is 0 Å². The van der Waals surface area contributed by atoms with E-state index in [4.69, 9.17) is 19.4 Å². The molecule has 0 atom stereocenters. The summed E-state index contributed by atoms with van der Waals surface area (Å²) in [5.41, 5.74) is 10.0. The number of nitrogens with zero attached hydrogens (tertiary/aromatic N) is 2. The maximum absolute atomic E-state index is 7.39. The van der Waals surface area contributed by atoms with Gasteiger partial charge in [0.2, 0.25) is 0 Å². The van der Waals surface area contributed by atoms with Crippen molar-refractivity contribution in [3.05, 3.63) is 88.0 Å². The summed E-state index contributed by atoms with van der Waals surface area (Å²) in [4.78, 5) is 5.95. The molecular weight excluding hydrogens is 568 g/mol. The minimum atomic E-state index is -3.42. The van der Waals surface area contributed by atoms with Crippen LogP contribution in [0.1, 0.15) is 33.4 Å². The van der Waals surface area contributed by atoms with Crippen molar-refractivity contribution >= 4 is 50.8 Å². The predicted octanol–water partition coefficient (Wildman–Crippen LogP) is 7.96. The van der Waals surface area contributed by atoms with Gasteiger partial charge in [0, 0.05) is 0 Å². The van der Waals surface area contributed by atoms with Crippen LogP contribution in [0.5, 0.6) is 0 Å². The first-order valence-corrected chi connectivity index (χ1v) is 18.6. The van der Waals surface area contributed by atoms with Crippen molar-refractivity contribution < 1.29 is 11.9 Å². The number of hydrogen-bond acceptors (Lipinski definition) is 3.